The fourth-order valence-electron chi connectivity index (χ4n) is 7.34. The molecule has 1 aromatic carbocycles. The van der Waals surface area contributed by atoms with Crippen LogP contribution in [0.5, 0.6) is 5.75 Å². The average molecular weight is 724 g/mol. The van der Waals surface area contributed by atoms with Crippen molar-refractivity contribution in [1.29, 1.82) is 5.26 Å². The summed E-state index contributed by atoms with van der Waals surface area (Å²) in [5.41, 5.74) is -2.74. The molecule has 18 heteroatoms. The number of hydrogen-bond acceptors (Lipinski definition) is 10. The number of hydrogen-bond donors (Lipinski definition) is 2. The molecule has 3 aliphatic rings. The summed E-state index contributed by atoms with van der Waals surface area (Å²) in [7, 11) is 0. The van der Waals surface area contributed by atoms with Crippen molar-refractivity contribution in [3.63, 3.8) is 0 Å². The van der Waals surface area contributed by atoms with Gasteiger partial charge in [0.05, 0.1) is 28.0 Å². The average Bonchev–Trinajstić information content (AvgIpc) is 3.67. The number of halogens is 4. The summed E-state index contributed by atoms with van der Waals surface area (Å²) in [4.78, 5) is 68.3. The number of amides is 2. The van der Waals surface area contributed by atoms with E-state index in [4.69, 9.17) is 11.6 Å². The Morgan fingerprint density at radius 2 is 1.86 bits per heavy atom. The zero-order chi connectivity index (χ0) is 36.6. The Hall–Kier alpha value is -5.37. The van der Waals surface area contributed by atoms with Crippen molar-refractivity contribution in [2.75, 3.05) is 18.4 Å². The van der Waals surface area contributed by atoms with Gasteiger partial charge in [-0.3, -0.25) is 19.2 Å². The van der Waals surface area contributed by atoms with Crippen LogP contribution in [0.2, 0.25) is 5.02 Å². The van der Waals surface area contributed by atoms with Gasteiger partial charge in [0, 0.05) is 29.8 Å². The second kappa shape index (κ2) is 11.9. The normalized spacial score (nSPS) is 18.8. The number of carbonyl (C=O) groups excluding carboxylic acids is 3. The Balaban J connectivity index is 1.27. The van der Waals surface area contributed by atoms with Crippen LogP contribution in [0.3, 0.4) is 0 Å². The molecule has 0 radical (unpaired) electrons. The van der Waals surface area contributed by atoms with Crippen molar-refractivity contribution >= 4 is 40.7 Å². The number of Topliss-reactive ketones (excluding diaryl/α,β-unsaturated/α-hetero) is 1. The number of fused-ring (bicyclic) bond motifs is 3. The van der Waals surface area contributed by atoms with Crippen LogP contribution in [0.1, 0.15) is 88.6 Å². The lowest BCUT2D eigenvalue weighted by atomic mass is 9.73. The van der Waals surface area contributed by atoms with Gasteiger partial charge in [-0.25, -0.2) is 9.97 Å². The lowest BCUT2D eigenvalue weighted by molar-refractivity contribution is -0.137. The van der Waals surface area contributed by atoms with Crippen LogP contribution >= 0.6 is 11.6 Å². The molecule has 4 aromatic rings. The highest BCUT2D eigenvalue weighted by atomic mass is 35.5. The van der Waals surface area contributed by atoms with E-state index >= 15 is 0 Å². The molecule has 14 nitrogen and oxygen atoms in total. The number of nitrogens with one attached hydrogen (secondary N) is 1. The molecule has 2 N–H and O–H groups in total. The van der Waals surface area contributed by atoms with Gasteiger partial charge in [0.1, 0.15) is 18.3 Å². The second-order valence-electron chi connectivity index (χ2n) is 13.4. The second-order valence-corrected chi connectivity index (χ2v) is 13.8. The number of ketones is 1. The molecule has 3 aromatic heterocycles. The van der Waals surface area contributed by atoms with E-state index in [9.17, 15) is 42.7 Å². The molecule has 0 unspecified atom stereocenters. The summed E-state index contributed by atoms with van der Waals surface area (Å²) < 4.78 is 42.0. The first kappa shape index (κ1) is 34.1. The zero-order valence-electron chi connectivity index (χ0n) is 27.2. The Morgan fingerprint density at radius 3 is 2.49 bits per heavy atom. The quantitative estimate of drug-likeness (QED) is 0.273. The van der Waals surface area contributed by atoms with Crippen molar-refractivity contribution in [3.8, 4) is 11.8 Å². The summed E-state index contributed by atoms with van der Waals surface area (Å²) >= 11 is 6.10. The maximum Gasteiger partial charge on any atom is 0.416 e. The SMILES string of the molecule is Cc1ncnc(C(=O)N2CCC3(CC2)C[C@H](C)c2c3c(=O)n3nc(C(=O)C4(C#N)CC4)nc3n2CC(=O)Nc2ccc(C(F)(F)F)cc2Cl)c1O. The Labute approximate surface area is 291 Å². The van der Waals surface area contributed by atoms with Gasteiger partial charge >= 0.3 is 6.18 Å². The van der Waals surface area contributed by atoms with Crippen LogP contribution in [0.25, 0.3) is 5.78 Å². The van der Waals surface area contributed by atoms with Gasteiger partial charge in [0.15, 0.2) is 11.4 Å². The maximum absolute atomic E-state index is 14.3. The molecule has 1 saturated carbocycles. The van der Waals surface area contributed by atoms with Crippen molar-refractivity contribution in [1.82, 2.24) is 34.0 Å². The number of carbonyl (C=O) groups is 3. The number of nitrogens with zero attached hydrogens (tertiary/aromatic N) is 8. The highest BCUT2D eigenvalue weighted by Gasteiger charge is 2.53. The van der Waals surface area contributed by atoms with Crippen molar-refractivity contribution in [2.45, 2.75) is 70.0 Å². The third-order valence-corrected chi connectivity index (χ3v) is 10.5. The van der Waals surface area contributed by atoms with E-state index in [2.05, 4.69) is 25.4 Å². The summed E-state index contributed by atoms with van der Waals surface area (Å²) in [5.74, 6) is -2.93. The maximum atomic E-state index is 14.3. The Kier molecular flexibility index (Phi) is 7.93. The largest absolute Gasteiger partial charge is 0.504 e. The van der Waals surface area contributed by atoms with Crippen LogP contribution in [-0.2, 0) is 22.9 Å². The molecule has 4 heterocycles. The Bertz CT molecular complexity index is 2270. The topological polar surface area (TPSA) is 188 Å². The molecule has 2 amide bonds. The van der Waals surface area contributed by atoms with Crippen LogP contribution < -0.4 is 10.9 Å². The van der Waals surface area contributed by atoms with Crippen LogP contribution in [-0.4, -0.2) is 69.8 Å². The molecular weight excluding hydrogens is 695 g/mol. The van der Waals surface area contributed by atoms with E-state index < -0.39 is 52.3 Å². The predicted molar refractivity (Wildman–Crippen MR) is 172 cm³/mol. The number of likely N-dealkylation sites (tertiary alicyclic amines) is 1. The van der Waals surface area contributed by atoms with Crippen LogP contribution in [0.15, 0.2) is 29.3 Å². The van der Waals surface area contributed by atoms with Gasteiger partial charge < -0.3 is 19.9 Å². The number of anilines is 1. The van der Waals surface area contributed by atoms with Crippen molar-refractivity contribution in [2.24, 2.45) is 5.41 Å². The van der Waals surface area contributed by atoms with E-state index in [0.29, 0.717) is 49.4 Å². The summed E-state index contributed by atoms with van der Waals surface area (Å²) in [6, 6.07) is 4.52. The lowest BCUT2D eigenvalue weighted by Gasteiger charge is -2.39. The number of alkyl halides is 3. The first-order valence-electron chi connectivity index (χ1n) is 16.1. The van der Waals surface area contributed by atoms with Gasteiger partial charge in [-0.2, -0.15) is 27.9 Å². The summed E-state index contributed by atoms with van der Waals surface area (Å²) in [5, 5.41) is 26.5. The fraction of sp³-hybridized carbons (Fsp3) is 0.424. The first-order chi connectivity index (χ1) is 24.1. The summed E-state index contributed by atoms with van der Waals surface area (Å²) in [6.07, 6.45) is -1.67. The molecule has 1 atom stereocenters. The third-order valence-electron chi connectivity index (χ3n) is 10.2. The van der Waals surface area contributed by atoms with E-state index in [-0.39, 0.29) is 58.5 Å². The van der Waals surface area contributed by atoms with Crippen LogP contribution in [0, 0.1) is 23.7 Å². The molecule has 7 rings (SSSR count). The van der Waals surface area contributed by atoms with Gasteiger partial charge in [0.2, 0.25) is 23.3 Å². The Morgan fingerprint density at radius 1 is 1.16 bits per heavy atom. The number of aryl methyl sites for hydroxylation is 1. The molecule has 2 aliphatic carbocycles. The monoisotopic (exact) mass is 723 g/mol. The molecule has 51 heavy (non-hydrogen) atoms. The van der Waals surface area contributed by atoms with E-state index in [1.807, 2.05) is 13.0 Å². The highest BCUT2D eigenvalue weighted by molar-refractivity contribution is 6.33. The number of aromatic hydroxyl groups is 1. The van der Waals surface area contributed by atoms with Crippen molar-refractivity contribution < 1.29 is 32.7 Å². The third kappa shape index (κ3) is 5.57. The fourth-order valence-corrected chi connectivity index (χ4v) is 7.57. The van der Waals surface area contributed by atoms with E-state index in [1.54, 1.807) is 6.92 Å². The van der Waals surface area contributed by atoms with Crippen LogP contribution in [0.4, 0.5) is 18.9 Å². The highest BCUT2D eigenvalue weighted by Crippen LogP contribution is 2.51. The first-order valence-corrected chi connectivity index (χ1v) is 16.4. The zero-order valence-corrected chi connectivity index (χ0v) is 28.0. The number of benzene rings is 1. The van der Waals surface area contributed by atoms with Gasteiger partial charge in [-0.1, -0.05) is 18.5 Å². The smallest absolute Gasteiger partial charge is 0.416 e. The molecule has 1 spiro atoms. The number of aromatic nitrogens is 6. The minimum Gasteiger partial charge on any atom is -0.504 e. The van der Waals surface area contributed by atoms with Gasteiger partial charge in [-0.15, -0.1) is 5.10 Å². The number of nitriles is 1. The minimum absolute atomic E-state index is 0.0723. The molecule has 1 saturated heterocycles. The molecule has 264 valence electrons. The standard InChI is InChI=1S/C33H29ClF3N9O5/c1-16-12-31(7-9-44(10-8-31)29(51)23-25(48)17(2)39-15-40-23)22-24(16)45(13-21(47)41-20-4-3-18(11-19(20)34)33(35,36)37)30-42-27(43-46(30)28(22)50)26(49)32(14-38)5-6-32/h3-4,11,15-16,48H,5-10,12-13H2,1-2H3,(H,41,47)/t16-/m0/s1. The number of rotatable bonds is 6. The minimum atomic E-state index is -4.64. The summed E-state index contributed by atoms with van der Waals surface area (Å²) in [6.45, 7) is 3.37. The lowest BCUT2D eigenvalue weighted by Crippen LogP contribution is -2.46. The van der Waals surface area contributed by atoms with E-state index in [0.717, 1.165) is 16.6 Å². The molecule has 1 aliphatic heterocycles. The van der Waals surface area contributed by atoms with E-state index in [1.165, 1.54) is 15.8 Å². The molecule has 0 bridgehead atoms. The molecule has 2 fully saturated rings. The molecular formula is C33H29ClF3N9O5. The van der Waals surface area contributed by atoms with Gasteiger partial charge in [-0.05, 0) is 63.1 Å². The number of piperidine rings is 1. The predicted octanol–water partition coefficient (Wildman–Crippen LogP) is 4.17. The van der Waals surface area contributed by atoms with Gasteiger partial charge in [0.25, 0.3) is 11.5 Å². The van der Waals surface area contributed by atoms with Crippen molar-refractivity contribution in [3.05, 3.63) is 73.9 Å².